The Hall–Kier alpha value is -1.65. The van der Waals surface area contributed by atoms with Crippen molar-refractivity contribution in [2.45, 2.75) is 19.1 Å². The van der Waals surface area contributed by atoms with Gasteiger partial charge in [0.2, 0.25) is 5.91 Å². The monoisotopic (exact) mass is 325 g/mol. The predicted molar refractivity (Wildman–Crippen MR) is 69.1 cm³/mol. The molecule has 4 N–H and O–H groups in total. The Bertz CT molecular complexity index is 617. The van der Waals surface area contributed by atoms with Gasteiger partial charge < -0.3 is 5.32 Å². The van der Waals surface area contributed by atoms with Crippen molar-refractivity contribution in [1.82, 2.24) is 10.0 Å². The molecular weight excluding hydrogens is 311 g/mol. The maximum absolute atomic E-state index is 12.7. The van der Waals surface area contributed by atoms with Gasteiger partial charge in [0.15, 0.2) is 0 Å². The van der Waals surface area contributed by atoms with Crippen molar-refractivity contribution in [1.29, 1.82) is 0 Å². The number of carbonyl (C=O) groups excluding carboxylic acids is 1. The van der Waals surface area contributed by atoms with Crippen LogP contribution in [0.1, 0.15) is 24.1 Å². The fourth-order valence-electron chi connectivity index (χ4n) is 1.63. The normalized spacial score (nSPS) is 13.8. The number of halogens is 3. The molecule has 0 saturated carbocycles. The summed E-state index contributed by atoms with van der Waals surface area (Å²) in [7, 11) is -4.03. The number of benzene rings is 1. The van der Waals surface area contributed by atoms with Crippen LogP contribution in [-0.2, 0) is 21.2 Å². The number of amides is 1. The Balaban J connectivity index is 3.05. The van der Waals surface area contributed by atoms with E-state index in [1.54, 1.807) is 0 Å². The highest BCUT2D eigenvalue weighted by Gasteiger charge is 2.31. The first-order chi connectivity index (χ1) is 9.49. The van der Waals surface area contributed by atoms with E-state index in [1.807, 2.05) is 4.72 Å². The van der Waals surface area contributed by atoms with Gasteiger partial charge in [0, 0.05) is 13.5 Å². The van der Waals surface area contributed by atoms with Gasteiger partial charge in [-0.3, -0.25) is 4.79 Å². The first-order valence-electron chi connectivity index (χ1n) is 5.70. The van der Waals surface area contributed by atoms with Gasteiger partial charge in [-0.2, -0.15) is 21.6 Å². The van der Waals surface area contributed by atoms with Crippen molar-refractivity contribution >= 4 is 16.1 Å². The highest BCUT2D eigenvalue weighted by molar-refractivity contribution is 7.87. The molecule has 0 aliphatic rings. The average molecular weight is 325 g/mol. The van der Waals surface area contributed by atoms with Crippen LogP contribution in [0.3, 0.4) is 0 Å². The summed E-state index contributed by atoms with van der Waals surface area (Å²) in [6.45, 7) is 0.803. The van der Waals surface area contributed by atoms with E-state index in [9.17, 15) is 26.4 Å². The molecule has 1 atom stereocenters. The molecule has 10 heteroatoms. The number of alkyl halides is 3. The quantitative estimate of drug-likeness (QED) is 0.742. The summed E-state index contributed by atoms with van der Waals surface area (Å²) in [5.74, 6) is -0.520. The molecular formula is C11H14F3N3O3S. The second kappa shape index (κ2) is 6.41. The zero-order valence-electron chi connectivity index (χ0n) is 10.9. The highest BCUT2D eigenvalue weighted by Crippen LogP contribution is 2.30. The van der Waals surface area contributed by atoms with E-state index in [-0.39, 0.29) is 12.1 Å². The molecule has 0 fully saturated rings. The lowest BCUT2D eigenvalue weighted by atomic mass is 10.0. The molecule has 1 aromatic rings. The summed E-state index contributed by atoms with van der Waals surface area (Å²) in [5, 5.41) is 7.12. The summed E-state index contributed by atoms with van der Waals surface area (Å²) in [5.41, 5.74) is -0.790. The smallest absolute Gasteiger partial charge is 0.348 e. The molecule has 0 radical (unpaired) electrons. The molecule has 1 aromatic carbocycles. The maximum Gasteiger partial charge on any atom is 0.416 e. The molecule has 0 aliphatic heterocycles. The number of nitrogens with two attached hydrogens (primary N) is 1. The Morgan fingerprint density at radius 1 is 1.38 bits per heavy atom. The van der Waals surface area contributed by atoms with Gasteiger partial charge in [-0.1, -0.05) is 12.1 Å². The molecule has 118 valence electrons. The molecule has 0 saturated heterocycles. The minimum Gasteiger partial charge on any atom is -0.348 e. The van der Waals surface area contributed by atoms with Crippen molar-refractivity contribution in [3.63, 3.8) is 0 Å². The molecule has 6 nitrogen and oxygen atoms in total. The average Bonchev–Trinajstić information content (AvgIpc) is 2.32. The van der Waals surface area contributed by atoms with Gasteiger partial charge >= 0.3 is 6.18 Å². The fourth-order valence-corrected chi connectivity index (χ4v) is 2.03. The number of nitrogens with one attached hydrogen (secondary N) is 2. The summed E-state index contributed by atoms with van der Waals surface area (Å²) < 4.78 is 61.6. The topological polar surface area (TPSA) is 101 Å². The third-order valence-electron chi connectivity index (χ3n) is 2.48. The summed E-state index contributed by atoms with van der Waals surface area (Å²) in [6.07, 6.45) is -4.54. The van der Waals surface area contributed by atoms with Crippen LogP contribution < -0.4 is 15.2 Å². The van der Waals surface area contributed by atoms with Crippen LogP contribution in [0.15, 0.2) is 24.3 Å². The van der Waals surface area contributed by atoms with Crippen LogP contribution in [0.2, 0.25) is 0 Å². The Kier molecular flexibility index (Phi) is 5.31. The van der Waals surface area contributed by atoms with Gasteiger partial charge in [-0.15, -0.1) is 0 Å². The minimum absolute atomic E-state index is 0.108. The first-order valence-corrected chi connectivity index (χ1v) is 7.25. The van der Waals surface area contributed by atoms with Crippen LogP contribution >= 0.6 is 0 Å². The van der Waals surface area contributed by atoms with E-state index >= 15 is 0 Å². The van der Waals surface area contributed by atoms with Gasteiger partial charge in [0.1, 0.15) is 0 Å². The number of hydrogen-bond acceptors (Lipinski definition) is 3. The van der Waals surface area contributed by atoms with E-state index in [1.165, 1.54) is 12.1 Å². The molecule has 0 bridgehead atoms. The second-order valence-corrected chi connectivity index (χ2v) is 5.65. The van der Waals surface area contributed by atoms with Crippen molar-refractivity contribution < 1.29 is 26.4 Å². The molecule has 0 aliphatic carbocycles. The van der Waals surface area contributed by atoms with E-state index < -0.39 is 33.9 Å². The van der Waals surface area contributed by atoms with Crippen LogP contribution in [0.5, 0.6) is 0 Å². The van der Waals surface area contributed by atoms with E-state index in [4.69, 9.17) is 5.14 Å². The van der Waals surface area contributed by atoms with Gasteiger partial charge in [0.25, 0.3) is 10.2 Å². The number of carbonyl (C=O) groups is 1. The van der Waals surface area contributed by atoms with E-state index in [0.717, 1.165) is 19.1 Å². The standard InChI is InChI=1S/C11H14F3N3O3S/c1-7(18)17-10(6-16-21(15,19)20)8-3-2-4-9(5-8)11(12,13)14/h2-5,10,16H,6H2,1H3,(H,17,18)(H2,15,19,20). The van der Waals surface area contributed by atoms with Crippen molar-refractivity contribution in [3.05, 3.63) is 35.4 Å². The molecule has 1 amide bonds. The van der Waals surface area contributed by atoms with Crippen molar-refractivity contribution in [2.75, 3.05) is 6.54 Å². The lowest BCUT2D eigenvalue weighted by Crippen LogP contribution is -2.39. The maximum atomic E-state index is 12.7. The molecule has 0 spiro atoms. The summed E-state index contributed by atoms with van der Waals surface area (Å²) >= 11 is 0. The number of hydrogen-bond donors (Lipinski definition) is 3. The van der Waals surface area contributed by atoms with Crippen LogP contribution in [0, 0.1) is 0 Å². The lowest BCUT2D eigenvalue weighted by Gasteiger charge is -2.19. The molecule has 1 rings (SSSR count). The molecule has 21 heavy (non-hydrogen) atoms. The first kappa shape index (κ1) is 17.4. The van der Waals surface area contributed by atoms with E-state index in [2.05, 4.69) is 5.32 Å². The van der Waals surface area contributed by atoms with Crippen molar-refractivity contribution in [3.8, 4) is 0 Å². The lowest BCUT2D eigenvalue weighted by molar-refractivity contribution is -0.137. The largest absolute Gasteiger partial charge is 0.416 e. The minimum atomic E-state index is -4.54. The molecule has 0 heterocycles. The third-order valence-corrected chi connectivity index (χ3v) is 3.05. The van der Waals surface area contributed by atoms with Crippen molar-refractivity contribution in [2.24, 2.45) is 5.14 Å². The third kappa shape index (κ3) is 6.10. The van der Waals surface area contributed by atoms with Gasteiger partial charge in [-0.25, -0.2) is 9.86 Å². The van der Waals surface area contributed by atoms with Gasteiger partial charge in [-0.05, 0) is 17.7 Å². The molecule has 0 aromatic heterocycles. The highest BCUT2D eigenvalue weighted by atomic mass is 32.2. The summed E-state index contributed by atoms with van der Waals surface area (Å²) in [6, 6.07) is 3.26. The zero-order valence-corrected chi connectivity index (χ0v) is 11.8. The Labute approximate surface area is 119 Å². The zero-order chi connectivity index (χ0) is 16.3. The number of rotatable bonds is 5. The summed E-state index contributed by atoms with van der Waals surface area (Å²) in [4.78, 5) is 11.1. The van der Waals surface area contributed by atoms with Crippen LogP contribution in [0.4, 0.5) is 13.2 Å². The van der Waals surface area contributed by atoms with Gasteiger partial charge in [0.05, 0.1) is 11.6 Å². The Morgan fingerprint density at radius 3 is 2.48 bits per heavy atom. The van der Waals surface area contributed by atoms with Crippen LogP contribution in [0.25, 0.3) is 0 Å². The SMILES string of the molecule is CC(=O)NC(CNS(N)(=O)=O)c1cccc(C(F)(F)F)c1. The predicted octanol–water partition coefficient (Wildman–Crippen LogP) is 0.676. The second-order valence-electron chi connectivity index (χ2n) is 4.27. The van der Waals surface area contributed by atoms with Crippen LogP contribution in [-0.4, -0.2) is 20.9 Å². The fraction of sp³-hybridized carbons (Fsp3) is 0.364. The molecule has 1 unspecified atom stereocenters. The van der Waals surface area contributed by atoms with E-state index in [0.29, 0.717) is 0 Å². The Morgan fingerprint density at radius 2 is 2.00 bits per heavy atom.